The van der Waals surface area contributed by atoms with Crippen LogP contribution in [0.1, 0.15) is 19.3 Å². The molecule has 100 valence electrons. The van der Waals surface area contributed by atoms with Gasteiger partial charge in [-0.2, -0.15) is 0 Å². The van der Waals surface area contributed by atoms with Gasteiger partial charge < -0.3 is 20.5 Å². The number of nitrogens with zero attached hydrogens (tertiary/aromatic N) is 4. The molecule has 0 bridgehead atoms. The maximum atomic E-state index is 10.1. The molecule has 7 heteroatoms. The maximum Gasteiger partial charge on any atom is 0.165 e. The van der Waals surface area contributed by atoms with Gasteiger partial charge in [-0.05, 0) is 19.3 Å². The first-order valence-corrected chi connectivity index (χ1v) is 6.38. The van der Waals surface area contributed by atoms with Crippen molar-refractivity contribution in [2.24, 2.45) is 5.41 Å². The molecule has 2 aliphatic carbocycles. The topological polar surface area (TPSA) is 110 Å². The summed E-state index contributed by atoms with van der Waals surface area (Å²) >= 11 is 0. The monoisotopic (exact) mass is 261 g/mol. The predicted octanol–water partition coefficient (Wildman–Crippen LogP) is -0.359. The third kappa shape index (κ3) is 1.08. The number of rotatable bonds is 2. The van der Waals surface area contributed by atoms with Gasteiger partial charge in [0.25, 0.3) is 0 Å². The third-order valence-corrected chi connectivity index (χ3v) is 4.98. The van der Waals surface area contributed by atoms with Crippen LogP contribution < -0.4 is 5.73 Å². The zero-order chi connectivity index (χ0) is 13.3. The van der Waals surface area contributed by atoms with Crippen LogP contribution in [0.15, 0.2) is 12.7 Å². The molecule has 2 fully saturated rings. The lowest BCUT2D eigenvalue weighted by molar-refractivity contribution is 0.0546. The fraction of sp³-hybridized carbons (Fsp3) is 0.583. The van der Waals surface area contributed by atoms with Crippen molar-refractivity contribution in [2.75, 3.05) is 12.3 Å². The quantitative estimate of drug-likeness (QED) is 0.681. The van der Waals surface area contributed by atoms with E-state index < -0.39 is 11.5 Å². The number of aliphatic hydroxyl groups is 2. The zero-order valence-electron chi connectivity index (χ0n) is 10.3. The van der Waals surface area contributed by atoms with Crippen molar-refractivity contribution in [3.05, 3.63) is 12.7 Å². The second-order valence-electron chi connectivity index (χ2n) is 5.62. The van der Waals surface area contributed by atoms with E-state index in [2.05, 4.69) is 15.0 Å². The number of hydrogen-bond acceptors (Lipinski definition) is 6. The van der Waals surface area contributed by atoms with E-state index in [9.17, 15) is 10.2 Å². The Morgan fingerprint density at radius 1 is 1.42 bits per heavy atom. The van der Waals surface area contributed by atoms with E-state index >= 15 is 0 Å². The van der Waals surface area contributed by atoms with Crippen molar-refractivity contribution in [1.29, 1.82) is 0 Å². The predicted molar refractivity (Wildman–Crippen MR) is 67.1 cm³/mol. The van der Waals surface area contributed by atoms with Gasteiger partial charge in [-0.25, -0.2) is 15.0 Å². The van der Waals surface area contributed by atoms with Crippen LogP contribution >= 0.6 is 0 Å². The summed E-state index contributed by atoms with van der Waals surface area (Å²) in [6, 6.07) is 0. The Morgan fingerprint density at radius 3 is 3.00 bits per heavy atom. The van der Waals surface area contributed by atoms with E-state index in [-0.39, 0.29) is 12.1 Å². The van der Waals surface area contributed by atoms with E-state index in [1.807, 2.05) is 4.57 Å². The lowest BCUT2D eigenvalue weighted by atomic mass is 10.0. The second-order valence-corrected chi connectivity index (χ2v) is 5.62. The van der Waals surface area contributed by atoms with Gasteiger partial charge in [0, 0.05) is 5.41 Å². The molecular weight excluding hydrogens is 246 g/mol. The van der Waals surface area contributed by atoms with E-state index in [0.29, 0.717) is 23.4 Å². The average Bonchev–Trinajstić information content (AvgIpc) is 2.74. The van der Waals surface area contributed by atoms with Crippen molar-refractivity contribution < 1.29 is 10.2 Å². The Balaban J connectivity index is 1.91. The molecule has 0 radical (unpaired) electrons. The van der Waals surface area contributed by atoms with Gasteiger partial charge in [-0.15, -0.1) is 0 Å². The van der Waals surface area contributed by atoms with Crippen molar-refractivity contribution >= 4 is 17.0 Å². The number of aromatic nitrogens is 4. The van der Waals surface area contributed by atoms with Gasteiger partial charge >= 0.3 is 0 Å². The number of aliphatic hydroxyl groups excluding tert-OH is 2. The third-order valence-electron chi connectivity index (χ3n) is 4.98. The minimum Gasteiger partial charge on any atom is -0.396 e. The zero-order valence-corrected chi connectivity index (χ0v) is 10.3. The summed E-state index contributed by atoms with van der Waals surface area (Å²) in [5.74, 6) is 0.356. The SMILES string of the molecule is Nc1ncnc2c1ncn2C12CCC(O)C1(CO)C2. The van der Waals surface area contributed by atoms with Crippen LogP contribution in [0.4, 0.5) is 5.82 Å². The Labute approximate surface area is 109 Å². The summed E-state index contributed by atoms with van der Waals surface area (Å²) in [4.78, 5) is 12.5. The highest BCUT2D eigenvalue weighted by molar-refractivity contribution is 5.81. The molecule has 2 saturated carbocycles. The smallest absolute Gasteiger partial charge is 0.165 e. The molecule has 0 aliphatic heterocycles. The molecule has 2 aromatic rings. The van der Waals surface area contributed by atoms with Gasteiger partial charge in [0.1, 0.15) is 11.8 Å². The van der Waals surface area contributed by atoms with Gasteiger partial charge in [0.05, 0.1) is 24.6 Å². The summed E-state index contributed by atoms with van der Waals surface area (Å²) in [7, 11) is 0. The Morgan fingerprint density at radius 2 is 2.26 bits per heavy atom. The Hall–Kier alpha value is -1.73. The molecule has 4 rings (SSSR count). The van der Waals surface area contributed by atoms with Crippen molar-refractivity contribution in [2.45, 2.75) is 30.9 Å². The lowest BCUT2D eigenvalue weighted by Crippen LogP contribution is -2.29. The van der Waals surface area contributed by atoms with Crippen molar-refractivity contribution in [3.63, 3.8) is 0 Å². The minimum absolute atomic E-state index is 0.0194. The van der Waals surface area contributed by atoms with Crippen LogP contribution in [-0.4, -0.2) is 42.4 Å². The van der Waals surface area contributed by atoms with Crippen LogP contribution in [-0.2, 0) is 5.54 Å². The Bertz CT molecular complexity index is 671. The molecule has 0 saturated heterocycles. The molecule has 2 aliphatic rings. The Kier molecular flexibility index (Phi) is 1.89. The van der Waals surface area contributed by atoms with Gasteiger partial charge in [0.15, 0.2) is 11.5 Å². The van der Waals surface area contributed by atoms with Gasteiger partial charge in [-0.1, -0.05) is 0 Å². The van der Waals surface area contributed by atoms with Crippen molar-refractivity contribution in [1.82, 2.24) is 19.5 Å². The van der Waals surface area contributed by atoms with Gasteiger partial charge in [-0.3, -0.25) is 0 Å². The molecule has 0 amide bonds. The normalized spacial score (nSPS) is 36.6. The second kappa shape index (κ2) is 3.23. The molecule has 0 spiro atoms. The number of nitrogen functional groups attached to an aromatic ring is 1. The number of anilines is 1. The van der Waals surface area contributed by atoms with Gasteiger partial charge in [0.2, 0.25) is 0 Å². The molecule has 2 heterocycles. The largest absolute Gasteiger partial charge is 0.396 e. The highest BCUT2D eigenvalue weighted by Crippen LogP contribution is 2.71. The minimum atomic E-state index is -0.464. The van der Waals surface area contributed by atoms with E-state index in [4.69, 9.17) is 5.73 Å². The fourth-order valence-corrected chi connectivity index (χ4v) is 3.81. The molecule has 2 aromatic heterocycles. The average molecular weight is 261 g/mol. The van der Waals surface area contributed by atoms with Crippen LogP contribution in [0.3, 0.4) is 0 Å². The number of imidazole rings is 1. The summed E-state index contributed by atoms with van der Waals surface area (Å²) in [5, 5.41) is 19.8. The molecule has 7 nitrogen and oxygen atoms in total. The number of nitrogens with two attached hydrogens (primary N) is 1. The summed E-state index contributed by atoms with van der Waals surface area (Å²) in [6.07, 6.45) is 4.93. The van der Waals surface area contributed by atoms with E-state index in [1.165, 1.54) is 6.33 Å². The van der Waals surface area contributed by atoms with Crippen LogP contribution in [0.5, 0.6) is 0 Å². The first-order valence-electron chi connectivity index (χ1n) is 6.38. The molecular formula is C12H15N5O2. The summed E-state index contributed by atoms with van der Waals surface area (Å²) < 4.78 is 1.97. The highest BCUT2D eigenvalue weighted by Gasteiger charge is 2.75. The molecule has 3 atom stereocenters. The lowest BCUT2D eigenvalue weighted by Gasteiger charge is -2.20. The molecule has 4 N–H and O–H groups in total. The summed E-state index contributed by atoms with van der Waals surface area (Å²) in [6.45, 7) is -0.0194. The first kappa shape index (κ1) is 11.1. The van der Waals surface area contributed by atoms with Crippen LogP contribution in [0.25, 0.3) is 11.2 Å². The first-order chi connectivity index (χ1) is 9.14. The molecule has 3 unspecified atom stereocenters. The fourth-order valence-electron chi connectivity index (χ4n) is 3.81. The highest BCUT2D eigenvalue weighted by atomic mass is 16.3. The maximum absolute atomic E-state index is 10.1. The standard InChI is InChI=1S/C12H15N5O2/c13-9-8-10(15-5-14-9)17(6-16-8)12-2-1-7(19)11(12,3-12)4-18/h5-7,18-19H,1-4H2,(H2,13,14,15). The van der Waals surface area contributed by atoms with Crippen LogP contribution in [0, 0.1) is 5.41 Å². The molecule has 19 heavy (non-hydrogen) atoms. The molecule has 0 aromatic carbocycles. The summed E-state index contributed by atoms with van der Waals surface area (Å²) in [5.41, 5.74) is 6.34. The van der Waals surface area contributed by atoms with Crippen LogP contribution in [0.2, 0.25) is 0 Å². The number of fused-ring (bicyclic) bond motifs is 2. The van der Waals surface area contributed by atoms with E-state index in [1.54, 1.807) is 6.33 Å². The van der Waals surface area contributed by atoms with Crippen molar-refractivity contribution in [3.8, 4) is 0 Å². The number of hydrogen-bond donors (Lipinski definition) is 3. The van der Waals surface area contributed by atoms with E-state index in [0.717, 1.165) is 12.8 Å².